The van der Waals surface area contributed by atoms with Gasteiger partial charge < -0.3 is 5.32 Å². The molecule has 5 nitrogen and oxygen atoms in total. The molecule has 0 radical (unpaired) electrons. The number of hydrogen-bond acceptors (Lipinski definition) is 3. The van der Waals surface area contributed by atoms with Gasteiger partial charge in [0, 0.05) is 19.6 Å². The predicted molar refractivity (Wildman–Crippen MR) is 81.7 cm³/mol. The molecule has 0 aromatic heterocycles. The molecule has 1 aliphatic rings. The van der Waals surface area contributed by atoms with E-state index < -0.39 is 10.2 Å². The van der Waals surface area contributed by atoms with Gasteiger partial charge in [-0.1, -0.05) is 25.1 Å². The van der Waals surface area contributed by atoms with Crippen molar-refractivity contribution >= 4 is 15.9 Å². The van der Waals surface area contributed by atoms with Crippen LogP contribution in [0.2, 0.25) is 0 Å². The van der Waals surface area contributed by atoms with Crippen LogP contribution in [0.1, 0.15) is 25.3 Å². The van der Waals surface area contributed by atoms with Gasteiger partial charge >= 0.3 is 10.2 Å². The molecule has 0 saturated carbocycles. The average Bonchev–Trinajstić information content (AvgIpc) is 2.41. The molecule has 1 atom stereocenters. The van der Waals surface area contributed by atoms with Gasteiger partial charge in [-0.25, -0.2) is 0 Å². The molecule has 0 spiro atoms. The van der Waals surface area contributed by atoms with Gasteiger partial charge in [-0.05, 0) is 37.4 Å². The van der Waals surface area contributed by atoms with E-state index in [9.17, 15) is 8.42 Å². The molecular formula is C14H23N3O2S. The Bertz CT molecular complexity index is 545. The van der Waals surface area contributed by atoms with Crippen LogP contribution >= 0.6 is 0 Å². The van der Waals surface area contributed by atoms with Crippen molar-refractivity contribution in [1.82, 2.24) is 9.62 Å². The summed E-state index contributed by atoms with van der Waals surface area (Å²) in [5.74, 6) is 0.424. The Balaban J connectivity index is 2.15. The normalized spacial score (nSPS) is 20.8. The molecule has 1 fully saturated rings. The standard InChI is InChI=1S/C14H23N3O2S/c1-12-6-5-9-17(11-12)20(18,19)16-14-8-4-3-7-13(14)10-15-2/h3-4,7-8,12,15-16H,5-6,9-11H2,1-2H3. The number of rotatable bonds is 5. The van der Waals surface area contributed by atoms with Crippen LogP contribution in [0.25, 0.3) is 0 Å². The van der Waals surface area contributed by atoms with Gasteiger partial charge in [-0.15, -0.1) is 0 Å². The van der Waals surface area contributed by atoms with E-state index >= 15 is 0 Å². The Morgan fingerprint density at radius 2 is 2.10 bits per heavy atom. The first-order valence-electron chi connectivity index (χ1n) is 7.03. The summed E-state index contributed by atoms with van der Waals surface area (Å²) in [6.45, 7) is 3.93. The molecule has 112 valence electrons. The highest BCUT2D eigenvalue weighted by Crippen LogP contribution is 2.22. The van der Waals surface area contributed by atoms with Crippen molar-refractivity contribution < 1.29 is 8.42 Å². The number of nitrogens with one attached hydrogen (secondary N) is 2. The van der Waals surface area contributed by atoms with Gasteiger partial charge in [0.25, 0.3) is 0 Å². The molecule has 1 unspecified atom stereocenters. The molecular weight excluding hydrogens is 274 g/mol. The quantitative estimate of drug-likeness (QED) is 0.871. The van der Waals surface area contributed by atoms with E-state index in [-0.39, 0.29) is 0 Å². The third kappa shape index (κ3) is 3.71. The lowest BCUT2D eigenvalue weighted by Gasteiger charge is -2.30. The minimum absolute atomic E-state index is 0.424. The third-order valence-corrected chi connectivity index (χ3v) is 5.07. The second kappa shape index (κ2) is 6.56. The van der Waals surface area contributed by atoms with Crippen LogP contribution in [-0.4, -0.2) is 32.9 Å². The third-order valence-electron chi connectivity index (χ3n) is 3.58. The SMILES string of the molecule is CNCc1ccccc1NS(=O)(=O)N1CCCC(C)C1. The van der Waals surface area contributed by atoms with Crippen molar-refractivity contribution in [3.8, 4) is 0 Å². The van der Waals surface area contributed by atoms with Crippen LogP contribution in [0, 0.1) is 5.92 Å². The zero-order chi connectivity index (χ0) is 14.6. The van der Waals surface area contributed by atoms with Crippen LogP contribution in [0.5, 0.6) is 0 Å². The maximum atomic E-state index is 12.5. The summed E-state index contributed by atoms with van der Waals surface area (Å²) < 4.78 is 29.2. The average molecular weight is 297 g/mol. The number of para-hydroxylation sites is 1. The second-order valence-electron chi connectivity index (χ2n) is 5.40. The van der Waals surface area contributed by atoms with Crippen LogP contribution in [0.15, 0.2) is 24.3 Å². The number of nitrogens with zero attached hydrogens (tertiary/aromatic N) is 1. The Hall–Kier alpha value is -1.11. The second-order valence-corrected chi connectivity index (χ2v) is 7.07. The van der Waals surface area contributed by atoms with Crippen molar-refractivity contribution in [1.29, 1.82) is 0 Å². The van der Waals surface area contributed by atoms with E-state index in [0.717, 1.165) is 18.4 Å². The lowest BCUT2D eigenvalue weighted by Crippen LogP contribution is -2.42. The summed E-state index contributed by atoms with van der Waals surface area (Å²) in [4.78, 5) is 0. The molecule has 6 heteroatoms. The van der Waals surface area contributed by atoms with Crippen molar-refractivity contribution in [3.63, 3.8) is 0 Å². The lowest BCUT2D eigenvalue weighted by molar-refractivity contribution is 0.282. The van der Waals surface area contributed by atoms with E-state index in [2.05, 4.69) is 17.0 Å². The molecule has 1 saturated heterocycles. The Labute approximate surface area is 121 Å². The summed E-state index contributed by atoms with van der Waals surface area (Å²) in [5.41, 5.74) is 1.60. The molecule has 2 rings (SSSR count). The van der Waals surface area contributed by atoms with Crippen molar-refractivity contribution in [2.75, 3.05) is 24.9 Å². The minimum Gasteiger partial charge on any atom is -0.316 e. The highest BCUT2D eigenvalue weighted by molar-refractivity contribution is 7.90. The van der Waals surface area contributed by atoms with Gasteiger partial charge in [-0.3, -0.25) is 4.72 Å². The highest BCUT2D eigenvalue weighted by atomic mass is 32.2. The van der Waals surface area contributed by atoms with Gasteiger partial charge in [0.05, 0.1) is 5.69 Å². The smallest absolute Gasteiger partial charge is 0.301 e. The maximum Gasteiger partial charge on any atom is 0.301 e. The largest absolute Gasteiger partial charge is 0.316 e. The summed E-state index contributed by atoms with van der Waals surface area (Å²) in [6.07, 6.45) is 2.03. The molecule has 0 aliphatic carbocycles. The van der Waals surface area contributed by atoms with Crippen LogP contribution in [0.4, 0.5) is 5.69 Å². The van der Waals surface area contributed by atoms with Crippen LogP contribution in [0.3, 0.4) is 0 Å². The molecule has 2 N–H and O–H groups in total. The number of piperidine rings is 1. The monoisotopic (exact) mass is 297 g/mol. The Morgan fingerprint density at radius 3 is 2.80 bits per heavy atom. The van der Waals surface area contributed by atoms with Crippen LogP contribution < -0.4 is 10.0 Å². The topological polar surface area (TPSA) is 61.4 Å². The molecule has 1 aliphatic heterocycles. The number of anilines is 1. The fourth-order valence-electron chi connectivity index (χ4n) is 2.53. The highest BCUT2D eigenvalue weighted by Gasteiger charge is 2.27. The van der Waals surface area contributed by atoms with Crippen molar-refractivity contribution in [3.05, 3.63) is 29.8 Å². The van der Waals surface area contributed by atoms with Gasteiger partial charge in [-0.2, -0.15) is 12.7 Å². The van der Waals surface area contributed by atoms with Gasteiger partial charge in [0.15, 0.2) is 0 Å². The number of hydrogen-bond donors (Lipinski definition) is 2. The maximum absolute atomic E-state index is 12.5. The lowest BCUT2D eigenvalue weighted by atomic mass is 10.0. The molecule has 1 heterocycles. The van der Waals surface area contributed by atoms with Crippen molar-refractivity contribution in [2.45, 2.75) is 26.3 Å². The molecule has 0 amide bonds. The fourth-order valence-corrected chi connectivity index (χ4v) is 3.96. The fraction of sp³-hybridized carbons (Fsp3) is 0.571. The summed E-state index contributed by atoms with van der Waals surface area (Å²) >= 11 is 0. The van der Waals surface area contributed by atoms with Crippen molar-refractivity contribution in [2.24, 2.45) is 5.92 Å². The first kappa shape index (κ1) is 15.3. The predicted octanol–water partition coefficient (Wildman–Crippen LogP) is 1.79. The van der Waals surface area contributed by atoms with E-state index in [0.29, 0.717) is 31.2 Å². The zero-order valence-corrected chi connectivity index (χ0v) is 12.9. The summed E-state index contributed by atoms with van der Waals surface area (Å²) in [5, 5.41) is 3.05. The first-order chi connectivity index (χ1) is 9.53. The van der Waals surface area contributed by atoms with E-state index in [4.69, 9.17) is 0 Å². The molecule has 1 aromatic carbocycles. The van der Waals surface area contributed by atoms with E-state index in [1.54, 1.807) is 10.4 Å². The number of benzene rings is 1. The van der Waals surface area contributed by atoms with E-state index in [1.165, 1.54) is 0 Å². The van der Waals surface area contributed by atoms with Gasteiger partial charge in [0.2, 0.25) is 0 Å². The molecule has 1 aromatic rings. The van der Waals surface area contributed by atoms with Gasteiger partial charge in [0.1, 0.15) is 0 Å². The van der Waals surface area contributed by atoms with Crippen LogP contribution in [-0.2, 0) is 16.8 Å². The van der Waals surface area contributed by atoms with E-state index in [1.807, 2.05) is 25.2 Å². The Morgan fingerprint density at radius 1 is 1.35 bits per heavy atom. The zero-order valence-electron chi connectivity index (χ0n) is 12.1. The summed E-state index contributed by atoms with van der Waals surface area (Å²) in [6, 6.07) is 7.48. The Kier molecular flexibility index (Phi) is 5.01. The first-order valence-corrected chi connectivity index (χ1v) is 8.47. The molecule has 0 bridgehead atoms. The summed E-state index contributed by atoms with van der Waals surface area (Å²) in [7, 11) is -1.61. The minimum atomic E-state index is -3.45. The molecule has 20 heavy (non-hydrogen) atoms.